The zero-order valence-corrected chi connectivity index (χ0v) is 8.22. The molecule has 0 aromatic carbocycles. The van der Waals surface area contributed by atoms with Crippen molar-refractivity contribution in [2.45, 2.75) is 19.9 Å². The molecule has 0 aliphatic rings. The van der Waals surface area contributed by atoms with Crippen molar-refractivity contribution in [2.75, 3.05) is 4.72 Å². The first-order valence-electron chi connectivity index (χ1n) is 3.78. The Hall–Kier alpha value is -1.08. The van der Waals surface area contributed by atoms with Crippen LogP contribution in [0.2, 0.25) is 0 Å². The maximum atomic E-state index is 11.2. The summed E-state index contributed by atoms with van der Waals surface area (Å²) in [6.45, 7) is 3.49. The molecule has 1 aromatic heterocycles. The van der Waals surface area contributed by atoms with Crippen LogP contribution >= 0.6 is 0 Å². The summed E-state index contributed by atoms with van der Waals surface area (Å²) in [4.78, 5) is 0. The Morgan fingerprint density at radius 1 is 1.54 bits per heavy atom. The van der Waals surface area contributed by atoms with Gasteiger partial charge in [-0.25, -0.2) is 0 Å². The Kier molecular flexibility index (Phi) is 2.89. The van der Waals surface area contributed by atoms with Gasteiger partial charge in [-0.05, 0) is 13.8 Å². The molecule has 1 rings (SSSR count). The van der Waals surface area contributed by atoms with Crippen LogP contribution < -0.4 is 9.44 Å². The van der Waals surface area contributed by atoms with E-state index in [-0.39, 0.29) is 6.04 Å². The molecule has 0 fully saturated rings. The summed E-state index contributed by atoms with van der Waals surface area (Å²) < 4.78 is 27.2. The van der Waals surface area contributed by atoms with Crippen molar-refractivity contribution in [3.05, 3.63) is 12.4 Å². The summed E-state index contributed by atoms with van der Waals surface area (Å²) in [5.41, 5.74) is 0.410. The molecule has 3 N–H and O–H groups in total. The first-order chi connectivity index (χ1) is 5.99. The Bertz CT molecular complexity index is 343. The summed E-state index contributed by atoms with van der Waals surface area (Å²) in [7, 11) is -3.46. The molecule has 0 saturated carbocycles. The van der Waals surface area contributed by atoms with Crippen molar-refractivity contribution < 1.29 is 8.42 Å². The fraction of sp³-hybridized carbons (Fsp3) is 0.500. The molecule has 74 valence electrons. The SMILES string of the molecule is CC(C)NS(=O)(=O)Nc1cn[nH]c1. The van der Waals surface area contributed by atoms with E-state index in [0.29, 0.717) is 5.69 Å². The highest BCUT2D eigenvalue weighted by Gasteiger charge is 2.10. The number of hydrogen-bond acceptors (Lipinski definition) is 3. The predicted octanol–water partition coefficient (Wildman–Crippen LogP) is 0.0644. The summed E-state index contributed by atoms with van der Waals surface area (Å²) in [5.74, 6) is 0. The lowest BCUT2D eigenvalue weighted by atomic mass is 10.4. The zero-order chi connectivity index (χ0) is 9.90. The molecule has 0 unspecified atom stereocenters. The lowest BCUT2D eigenvalue weighted by Gasteiger charge is -2.09. The van der Waals surface area contributed by atoms with E-state index in [1.54, 1.807) is 13.8 Å². The Balaban J connectivity index is 2.63. The molecule has 0 amide bonds. The molecule has 13 heavy (non-hydrogen) atoms. The highest BCUT2D eigenvalue weighted by molar-refractivity contribution is 7.90. The van der Waals surface area contributed by atoms with Crippen LogP contribution in [0, 0.1) is 0 Å². The van der Waals surface area contributed by atoms with Gasteiger partial charge in [0.05, 0.1) is 11.9 Å². The number of rotatable bonds is 4. The number of H-pyrrole nitrogens is 1. The second-order valence-electron chi connectivity index (χ2n) is 2.87. The molecule has 0 saturated heterocycles. The minimum atomic E-state index is -3.46. The number of aromatic nitrogens is 2. The number of nitrogens with zero attached hydrogens (tertiary/aromatic N) is 1. The zero-order valence-electron chi connectivity index (χ0n) is 7.40. The van der Waals surface area contributed by atoms with Gasteiger partial charge in [0.15, 0.2) is 0 Å². The van der Waals surface area contributed by atoms with Crippen molar-refractivity contribution in [3.8, 4) is 0 Å². The van der Waals surface area contributed by atoms with Crippen molar-refractivity contribution in [1.82, 2.24) is 14.9 Å². The normalized spacial score (nSPS) is 11.9. The molecule has 0 spiro atoms. The van der Waals surface area contributed by atoms with E-state index < -0.39 is 10.2 Å². The standard InChI is InChI=1S/C6H12N4O2S/c1-5(2)9-13(11,12)10-6-3-7-8-4-6/h3-5,9-10H,1-2H3,(H,7,8). The van der Waals surface area contributed by atoms with Crippen molar-refractivity contribution in [1.29, 1.82) is 0 Å². The van der Waals surface area contributed by atoms with E-state index in [0.717, 1.165) is 0 Å². The summed E-state index contributed by atoms with van der Waals surface area (Å²) >= 11 is 0. The average Bonchev–Trinajstić information content (AvgIpc) is 2.34. The maximum absolute atomic E-state index is 11.2. The summed E-state index contributed by atoms with van der Waals surface area (Å²) in [6, 6.07) is -0.135. The Morgan fingerprint density at radius 3 is 2.69 bits per heavy atom. The van der Waals surface area contributed by atoms with Crippen molar-refractivity contribution >= 4 is 15.9 Å². The first-order valence-corrected chi connectivity index (χ1v) is 5.27. The fourth-order valence-corrected chi connectivity index (χ4v) is 1.90. The van der Waals surface area contributed by atoms with E-state index in [1.807, 2.05) is 0 Å². The van der Waals surface area contributed by atoms with Crippen LogP contribution in [0.25, 0.3) is 0 Å². The van der Waals surface area contributed by atoms with E-state index in [4.69, 9.17) is 0 Å². The molecule has 1 aromatic rings. The molecular weight excluding hydrogens is 192 g/mol. The second-order valence-corrected chi connectivity index (χ2v) is 4.31. The van der Waals surface area contributed by atoms with Gasteiger partial charge < -0.3 is 0 Å². The van der Waals surface area contributed by atoms with Gasteiger partial charge in [0, 0.05) is 12.2 Å². The van der Waals surface area contributed by atoms with Crippen molar-refractivity contribution in [3.63, 3.8) is 0 Å². The van der Waals surface area contributed by atoms with Gasteiger partial charge >= 0.3 is 0 Å². The minimum absolute atomic E-state index is 0.135. The van der Waals surface area contributed by atoms with Crippen molar-refractivity contribution in [2.24, 2.45) is 0 Å². The number of aromatic amines is 1. The topological polar surface area (TPSA) is 86.9 Å². The summed E-state index contributed by atoms with van der Waals surface area (Å²) in [6.07, 6.45) is 2.85. The first kappa shape index (κ1) is 10.0. The van der Waals surface area contributed by atoms with Crippen LogP contribution in [0.15, 0.2) is 12.4 Å². The van der Waals surface area contributed by atoms with E-state index in [9.17, 15) is 8.42 Å². The smallest absolute Gasteiger partial charge is 0.284 e. The molecule has 1 heterocycles. The second kappa shape index (κ2) is 3.75. The van der Waals surface area contributed by atoms with Crippen LogP contribution in [0.5, 0.6) is 0 Å². The van der Waals surface area contributed by atoms with Gasteiger partial charge in [-0.1, -0.05) is 0 Å². The van der Waals surface area contributed by atoms with Gasteiger partial charge in [0.1, 0.15) is 0 Å². The van der Waals surface area contributed by atoms with E-state index in [1.165, 1.54) is 12.4 Å². The van der Waals surface area contributed by atoms with Gasteiger partial charge in [-0.15, -0.1) is 0 Å². The number of hydrogen-bond donors (Lipinski definition) is 3. The summed E-state index contributed by atoms with van der Waals surface area (Å²) in [5, 5.41) is 6.11. The molecule has 0 atom stereocenters. The maximum Gasteiger partial charge on any atom is 0.299 e. The Morgan fingerprint density at radius 2 is 2.23 bits per heavy atom. The lowest BCUT2D eigenvalue weighted by molar-refractivity contribution is 0.575. The molecule has 6 nitrogen and oxygen atoms in total. The van der Waals surface area contributed by atoms with E-state index >= 15 is 0 Å². The van der Waals surface area contributed by atoms with Gasteiger partial charge in [-0.2, -0.15) is 18.2 Å². The third-order valence-electron chi connectivity index (χ3n) is 1.14. The molecule has 0 bridgehead atoms. The average molecular weight is 204 g/mol. The lowest BCUT2D eigenvalue weighted by Crippen LogP contribution is -2.35. The molecule has 0 aliphatic carbocycles. The minimum Gasteiger partial charge on any atom is -0.284 e. The highest BCUT2D eigenvalue weighted by atomic mass is 32.2. The third kappa shape index (κ3) is 3.43. The Labute approximate surface area is 76.9 Å². The van der Waals surface area contributed by atoms with Crippen LogP contribution in [0.3, 0.4) is 0 Å². The van der Waals surface area contributed by atoms with Gasteiger partial charge in [0.2, 0.25) is 0 Å². The predicted molar refractivity (Wildman–Crippen MR) is 49.4 cm³/mol. The monoisotopic (exact) mass is 204 g/mol. The highest BCUT2D eigenvalue weighted by Crippen LogP contribution is 2.03. The molecule has 7 heteroatoms. The quantitative estimate of drug-likeness (QED) is 0.648. The fourth-order valence-electron chi connectivity index (χ4n) is 0.802. The molecule has 0 radical (unpaired) electrons. The van der Waals surface area contributed by atoms with Gasteiger partial charge in [0.25, 0.3) is 10.2 Å². The molecule has 0 aliphatic heterocycles. The van der Waals surface area contributed by atoms with Crippen LogP contribution in [0.4, 0.5) is 5.69 Å². The van der Waals surface area contributed by atoms with E-state index in [2.05, 4.69) is 19.6 Å². The number of anilines is 1. The van der Waals surface area contributed by atoms with Crippen LogP contribution in [-0.2, 0) is 10.2 Å². The largest absolute Gasteiger partial charge is 0.299 e. The van der Waals surface area contributed by atoms with Crippen LogP contribution in [0.1, 0.15) is 13.8 Å². The number of nitrogens with one attached hydrogen (secondary N) is 3. The molecular formula is C6H12N4O2S. The third-order valence-corrected chi connectivity index (χ3v) is 2.43. The van der Waals surface area contributed by atoms with Gasteiger partial charge in [-0.3, -0.25) is 9.82 Å². The van der Waals surface area contributed by atoms with Crippen LogP contribution in [-0.4, -0.2) is 24.7 Å².